The van der Waals surface area contributed by atoms with Crippen LogP contribution in [0, 0.1) is 17.1 Å². The van der Waals surface area contributed by atoms with Crippen molar-refractivity contribution in [3.8, 4) is 6.07 Å². The van der Waals surface area contributed by atoms with E-state index in [1.807, 2.05) is 0 Å². The Labute approximate surface area is 123 Å². The molecule has 20 heavy (non-hydrogen) atoms. The van der Waals surface area contributed by atoms with E-state index in [1.165, 1.54) is 24.4 Å². The highest BCUT2D eigenvalue weighted by atomic mass is 35.5. The topological polar surface area (TPSA) is 65.8 Å². The van der Waals surface area contributed by atoms with Gasteiger partial charge in [0.1, 0.15) is 22.6 Å². The van der Waals surface area contributed by atoms with Crippen molar-refractivity contribution < 1.29 is 9.18 Å². The Morgan fingerprint density at radius 1 is 1.40 bits per heavy atom. The summed E-state index contributed by atoms with van der Waals surface area (Å²) in [6.07, 6.45) is 1.23. The zero-order valence-corrected chi connectivity index (χ0v) is 11.3. The Morgan fingerprint density at radius 3 is 2.85 bits per heavy atom. The molecule has 0 fully saturated rings. The average Bonchev–Trinajstić information content (AvgIpc) is 2.41. The van der Waals surface area contributed by atoms with Crippen LogP contribution in [0.3, 0.4) is 0 Å². The van der Waals surface area contributed by atoms with Gasteiger partial charge in [-0.1, -0.05) is 29.3 Å². The minimum Gasteiger partial charge on any atom is -0.321 e. The van der Waals surface area contributed by atoms with Gasteiger partial charge >= 0.3 is 0 Å². The molecule has 0 spiro atoms. The van der Waals surface area contributed by atoms with Gasteiger partial charge in [0.05, 0.1) is 16.3 Å². The maximum Gasteiger partial charge on any atom is 0.257 e. The van der Waals surface area contributed by atoms with Gasteiger partial charge in [0.25, 0.3) is 5.91 Å². The van der Waals surface area contributed by atoms with Crippen LogP contribution in [0.25, 0.3) is 0 Å². The number of nitrogens with zero attached hydrogens (tertiary/aromatic N) is 2. The third kappa shape index (κ3) is 2.87. The van der Waals surface area contributed by atoms with E-state index >= 15 is 0 Å². The molecule has 1 amide bonds. The van der Waals surface area contributed by atoms with Gasteiger partial charge in [0, 0.05) is 6.20 Å². The number of hydrogen-bond donors (Lipinski definition) is 1. The van der Waals surface area contributed by atoms with Gasteiger partial charge in [-0.25, -0.2) is 9.37 Å². The van der Waals surface area contributed by atoms with Gasteiger partial charge in [-0.2, -0.15) is 5.26 Å². The van der Waals surface area contributed by atoms with Crippen LogP contribution in [-0.2, 0) is 0 Å². The molecule has 7 heteroatoms. The second-order valence-electron chi connectivity index (χ2n) is 3.72. The fourth-order valence-electron chi connectivity index (χ4n) is 1.52. The summed E-state index contributed by atoms with van der Waals surface area (Å²) in [6, 6.07) is 6.89. The van der Waals surface area contributed by atoms with Crippen LogP contribution in [0.4, 0.5) is 10.1 Å². The highest BCUT2D eigenvalue weighted by Gasteiger charge is 2.15. The Kier molecular flexibility index (Phi) is 4.18. The van der Waals surface area contributed by atoms with Crippen molar-refractivity contribution in [2.24, 2.45) is 0 Å². The largest absolute Gasteiger partial charge is 0.321 e. The first-order valence-electron chi connectivity index (χ1n) is 5.34. The van der Waals surface area contributed by atoms with Crippen LogP contribution in [0.1, 0.15) is 15.9 Å². The molecule has 1 heterocycles. The van der Waals surface area contributed by atoms with Crippen molar-refractivity contribution >= 4 is 34.8 Å². The van der Waals surface area contributed by atoms with Crippen LogP contribution in [0.5, 0.6) is 0 Å². The van der Waals surface area contributed by atoms with E-state index in [4.69, 9.17) is 28.5 Å². The number of nitriles is 1. The maximum absolute atomic E-state index is 13.4. The molecule has 4 nitrogen and oxygen atoms in total. The van der Waals surface area contributed by atoms with E-state index < -0.39 is 11.7 Å². The molecule has 0 saturated carbocycles. The minimum atomic E-state index is -0.718. The molecular formula is C13H6Cl2FN3O. The molecule has 1 aromatic carbocycles. The SMILES string of the molecule is N#Cc1c(F)cccc1NC(=O)c1cc(Cl)ncc1Cl. The number of pyridine rings is 1. The summed E-state index contributed by atoms with van der Waals surface area (Å²) in [5.41, 5.74) is -0.113. The zero-order chi connectivity index (χ0) is 14.7. The van der Waals surface area contributed by atoms with Crippen LogP contribution < -0.4 is 5.32 Å². The van der Waals surface area contributed by atoms with Crippen molar-refractivity contribution in [3.63, 3.8) is 0 Å². The van der Waals surface area contributed by atoms with Crippen molar-refractivity contribution in [1.29, 1.82) is 5.26 Å². The van der Waals surface area contributed by atoms with Gasteiger partial charge in [-0.05, 0) is 18.2 Å². The van der Waals surface area contributed by atoms with Crippen LogP contribution in [0.15, 0.2) is 30.5 Å². The standard InChI is InChI=1S/C13H6Cl2FN3O/c14-9-6-18-12(15)4-7(9)13(20)19-11-3-1-2-10(16)8(11)5-17/h1-4,6H,(H,19,20). The number of rotatable bonds is 2. The molecule has 0 atom stereocenters. The number of halogens is 3. The quantitative estimate of drug-likeness (QED) is 0.861. The number of aromatic nitrogens is 1. The maximum atomic E-state index is 13.4. The lowest BCUT2D eigenvalue weighted by Gasteiger charge is -2.08. The summed E-state index contributed by atoms with van der Waals surface area (Å²) in [7, 11) is 0. The van der Waals surface area contributed by atoms with Gasteiger partial charge < -0.3 is 5.32 Å². The molecule has 2 aromatic rings. The summed E-state index contributed by atoms with van der Waals surface area (Å²) >= 11 is 11.5. The second kappa shape index (κ2) is 5.87. The zero-order valence-electron chi connectivity index (χ0n) is 9.82. The highest BCUT2D eigenvalue weighted by molar-refractivity contribution is 6.35. The Balaban J connectivity index is 2.36. The Morgan fingerprint density at radius 2 is 2.15 bits per heavy atom. The fourth-order valence-corrected chi connectivity index (χ4v) is 1.87. The lowest BCUT2D eigenvalue weighted by molar-refractivity contribution is 0.102. The third-order valence-corrected chi connectivity index (χ3v) is 2.95. The Bertz CT molecular complexity index is 728. The highest BCUT2D eigenvalue weighted by Crippen LogP contribution is 2.22. The molecule has 0 radical (unpaired) electrons. The van der Waals surface area contributed by atoms with Gasteiger partial charge in [0.15, 0.2) is 0 Å². The van der Waals surface area contributed by atoms with Crippen molar-refractivity contribution in [2.45, 2.75) is 0 Å². The second-order valence-corrected chi connectivity index (χ2v) is 4.51. The molecule has 2 rings (SSSR count). The smallest absolute Gasteiger partial charge is 0.257 e. The number of amides is 1. The summed E-state index contributed by atoms with van der Waals surface area (Å²) in [4.78, 5) is 15.8. The molecule has 0 aliphatic heterocycles. The lowest BCUT2D eigenvalue weighted by Crippen LogP contribution is -2.14. The van der Waals surface area contributed by atoms with E-state index in [0.29, 0.717) is 0 Å². The van der Waals surface area contributed by atoms with E-state index in [9.17, 15) is 9.18 Å². The summed E-state index contributed by atoms with van der Waals surface area (Å²) in [5.74, 6) is -1.33. The molecular weight excluding hydrogens is 304 g/mol. The van der Waals surface area contributed by atoms with Crippen molar-refractivity contribution in [1.82, 2.24) is 4.98 Å². The first kappa shape index (κ1) is 14.3. The summed E-state index contributed by atoms with van der Waals surface area (Å²) in [6.45, 7) is 0. The molecule has 0 aliphatic rings. The number of carbonyl (C=O) groups is 1. The van der Waals surface area contributed by atoms with Gasteiger partial charge in [-0.15, -0.1) is 0 Å². The summed E-state index contributed by atoms with van der Waals surface area (Å²) in [5, 5.41) is 11.5. The first-order valence-corrected chi connectivity index (χ1v) is 6.09. The molecule has 100 valence electrons. The predicted octanol–water partition coefficient (Wildman–Crippen LogP) is 3.65. The van der Waals surface area contributed by atoms with E-state index in [2.05, 4.69) is 10.3 Å². The number of anilines is 1. The molecule has 1 aromatic heterocycles. The third-order valence-electron chi connectivity index (χ3n) is 2.44. The number of nitrogens with one attached hydrogen (secondary N) is 1. The molecule has 0 bridgehead atoms. The van der Waals surface area contributed by atoms with Crippen LogP contribution in [-0.4, -0.2) is 10.9 Å². The van der Waals surface area contributed by atoms with E-state index in [1.54, 1.807) is 6.07 Å². The lowest BCUT2D eigenvalue weighted by atomic mass is 10.1. The molecule has 0 aliphatic carbocycles. The van der Waals surface area contributed by atoms with E-state index in [-0.39, 0.29) is 27.0 Å². The number of hydrogen-bond acceptors (Lipinski definition) is 3. The minimum absolute atomic E-state index is 0.0569. The molecule has 0 unspecified atom stereocenters. The van der Waals surface area contributed by atoms with Crippen molar-refractivity contribution in [3.05, 3.63) is 57.6 Å². The van der Waals surface area contributed by atoms with Gasteiger partial charge in [0.2, 0.25) is 0 Å². The normalized spacial score (nSPS) is 9.90. The molecule has 1 N–H and O–H groups in total. The Hall–Kier alpha value is -2.16. The van der Waals surface area contributed by atoms with Crippen molar-refractivity contribution in [2.75, 3.05) is 5.32 Å². The predicted molar refractivity (Wildman–Crippen MR) is 73.3 cm³/mol. The average molecular weight is 310 g/mol. The number of benzene rings is 1. The molecule has 0 saturated heterocycles. The first-order chi connectivity index (χ1) is 9.52. The van der Waals surface area contributed by atoms with Crippen LogP contribution in [0.2, 0.25) is 10.2 Å². The monoisotopic (exact) mass is 309 g/mol. The van der Waals surface area contributed by atoms with Crippen LogP contribution >= 0.6 is 23.2 Å². The fraction of sp³-hybridized carbons (Fsp3) is 0. The van der Waals surface area contributed by atoms with Gasteiger partial charge in [-0.3, -0.25) is 4.79 Å². The summed E-state index contributed by atoms with van der Waals surface area (Å²) < 4.78 is 13.4. The number of carbonyl (C=O) groups excluding carboxylic acids is 1. The van der Waals surface area contributed by atoms with E-state index in [0.717, 1.165) is 6.07 Å².